The zero-order valence-electron chi connectivity index (χ0n) is 23.2. The number of nitrogens with one attached hydrogen (secondary N) is 2. The van der Waals surface area contributed by atoms with E-state index in [9.17, 15) is 0 Å². The van der Waals surface area contributed by atoms with E-state index in [0.29, 0.717) is 17.2 Å². The molecule has 4 rings (SSSR count). The van der Waals surface area contributed by atoms with Gasteiger partial charge in [0.2, 0.25) is 0 Å². The van der Waals surface area contributed by atoms with E-state index < -0.39 is 23.7 Å². The Labute approximate surface area is 233 Å². The van der Waals surface area contributed by atoms with Crippen LogP contribution in [0.5, 0.6) is 17.2 Å². The minimum atomic E-state index is -3.78. The first-order valence-electron chi connectivity index (χ1n) is 13.1. The van der Waals surface area contributed by atoms with E-state index in [2.05, 4.69) is 9.72 Å². The molecule has 2 N–H and O–H groups in total. The van der Waals surface area contributed by atoms with Crippen molar-refractivity contribution in [2.45, 2.75) is 59.9 Å². The third kappa shape index (κ3) is 8.47. The summed E-state index contributed by atoms with van der Waals surface area (Å²) in [5, 5.41) is 0. The van der Waals surface area contributed by atoms with Crippen molar-refractivity contribution in [3.63, 3.8) is 0 Å². The summed E-state index contributed by atoms with van der Waals surface area (Å²) in [7, 11) is -10.8. The van der Waals surface area contributed by atoms with Crippen molar-refractivity contribution in [2.24, 2.45) is 4.52 Å². The Balaban J connectivity index is 1.94. The molecule has 12 heteroatoms. The van der Waals surface area contributed by atoms with Crippen LogP contribution >= 0.6 is 23.7 Å². The van der Waals surface area contributed by atoms with Gasteiger partial charge in [-0.05, 0) is 0 Å². The van der Waals surface area contributed by atoms with Crippen LogP contribution in [-0.2, 0) is 13.6 Å². The van der Waals surface area contributed by atoms with E-state index in [4.69, 9.17) is 31.7 Å². The Bertz CT molecular complexity index is 1240. The Morgan fingerprint density at radius 1 is 0.615 bits per heavy atom. The molecule has 0 amide bonds. The second-order valence-electron chi connectivity index (χ2n) is 9.78. The molecule has 0 spiro atoms. The van der Waals surface area contributed by atoms with E-state index in [1.54, 1.807) is 0 Å². The Morgan fingerprint density at radius 3 is 1.59 bits per heavy atom. The van der Waals surface area contributed by atoms with Gasteiger partial charge in [-0.1, -0.05) is 0 Å². The number of nitrogens with zero attached hydrogens (tertiary/aromatic N) is 1. The SMILES string of the molecule is CC(C)OP1(Oc2ccccc2)=N[PH](Oc2ccccc2)(OC(C)C)N[PH](Oc2ccccc2)(OC(C)C)N1. The van der Waals surface area contributed by atoms with Crippen molar-refractivity contribution in [3.05, 3.63) is 91.0 Å². The van der Waals surface area contributed by atoms with Gasteiger partial charge in [-0.15, -0.1) is 0 Å². The fourth-order valence-corrected chi connectivity index (χ4v) is 16.2. The van der Waals surface area contributed by atoms with Crippen LogP contribution in [0.15, 0.2) is 95.5 Å². The topological polar surface area (TPSA) is 91.8 Å². The maximum atomic E-state index is 6.68. The first-order chi connectivity index (χ1) is 18.6. The molecule has 3 aromatic carbocycles. The second kappa shape index (κ2) is 13.1. The average Bonchev–Trinajstić information content (AvgIpc) is 2.83. The zero-order chi connectivity index (χ0) is 27.9. The summed E-state index contributed by atoms with van der Waals surface area (Å²) in [5.74, 6) is 1.79. The van der Waals surface area contributed by atoms with Crippen LogP contribution in [0.25, 0.3) is 0 Å². The third-order valence-electron chi connectivity index (χ3n) is 5.00. The molecule has 0 aliphatic carbocycles. The molecular formula is C27H40N3O6P3. The summed E-state index contributed by atoms with van der Waals surface area (Å²) in [6.45, 7) is 11.6. The zero-order valence-corrected chi connectivity index (χ0v) is 26.1. The summed E-state index contributed by atoms with van der Waals surface area (Å²) in [5.41, 5.74) is 0. The summed E-state index contributed by atoms with van der Waals surface area (Å²) < 4.78 is 44.9. The molecule has 0 saturated carbocycles. The first kappa shape index (κ1) is 29.9. The summed E-state index contributed by atoms with van der Waals surface area (Å²) in [6.07, 6.45) is -0.713. The quantitative estimate of drug-likeness (QED) is 0.202. The predicted octanol–water partition coefficient (Wildman–Crippen LogP) is 8.46. The Hall–Kier alpha value is -2.05. The van der Waals surface area contributed by atoms with Crippen LogP contribution in [0.3, 0.4) is 0 Å². The van der Waals surface area contributed by atoms with Crippen LogP contribution < -0.4 is 23.3 Å². The standard InChI is InChI=1S/C27H40N3O6P3/c1-22(2)31-37(34-25-16-10-7-11-17-25)28-38(32-23(3)4,35-26-18-12-8-13-19-26)30-39(29-37,33-24(5)6)36-27-20-14-9-15-21-27/h7-24,28-29,37-38H,1-6H3. The number of benzene rings is 3. The normalized spacial score (nSPS) is 21.7. The fourth-order valence-electron chi connectivity index (χ4n) is 3.88. The van der Waals surface area contributed by atoms with Gasteiger partial charge in [-0.3, -0.25) is 0 Å². The van der Waals surface area contributed by atoms with Crippen molar-refractivity contribution in [1.82, 2.24) is 9.72 Å². The van der Waals surface area contributed by atoms with Gasteiger partial charge in [-0.2, -0.15) is 0 Å². The summed E-state index contributed by atoms with van der Waals surface area (Å²) in [6, 6.07) is 28.4. The molecule has 0 fully saturated rings. The summed E-state index contributed by atoms with van der Waals surface area (Å²) in [4.78, 5) is 7.04. The van der Waals surface area contributed by atoms with Crippen molar-refractivity contribution >= 4 is 23.7 Å². The van der Waals surface area contributed by atoms with Crippen LogP contribution in [0.4, 0.5) is 0 Å². The van der Waals surface area contributed by atoms with E-state index in [1.165, 1.54) is 0 Å². The molecule has 39 heavy (non-hydrogen) atoms. The van der Waals surface area contributed by atoms with E-state index in [-0.39, 0.29) is 18.3 Å². The Morgan fingerprint density at radius 2 is 1.10 bits per heavy atom. The van der Waals surface area contributed by atoms with E-state index in [0.717, 1.165) is 0 Å². The number of hydrogen-bond donors (Lipinski definition) is 2. The van der Waals surface area contributed by atoms with Crippen LogP contribution in [0, 0.1) is 0 Å². The van der Waals surface area contributed by atoms with Crippen LogP contribution in [-0.4, -0.2) is 18.3 Å². The first-order valence-corrected chi connectivity index (χ1v) is 18.3. The van der Waals surface area contributed by atoms with Gasteiger partial charge in [0.25, 0.3) is 0 Å². The molecule has 0 bridgehead atoms. The fraction of sp³-hybridized carbons (Fsp3) is 0.333. The molecule has 1 atom stereocenters. The van der Waals surface area contributed by atoms with E-state index >= 15 is 0 Å². The maximum absolute atomic E-state index is 6.68. The summed E-state index contributed by atoms with van der Waals surface area (Å²) >= 11 is 0. The van der Waals surface area contributed by atoms with Gasteiger partial charge < -0.3 is 0 Å². The van der Waals surface area contributed by atoms with Gasteiger partial charge in [0.15, 0.2) is 0 Å². The van der Waals surface area contributed by atoms with Crippen molar-refractivity contribution < 1.29 is 27.1 Å². The van der Waals surface area contributed by atoms with Crippen LogP contribution in [0.1, 0.15) is 41.5 Å². The minimum absolute atomic E-state index is 0.223. The van der Waals surface area contributed by atoms with Crippen molar-refractivity contribution in [2.75, 3.05) is 0 Å². The number of rotatable bonds is 12. The van der Waals surface area contributed by atoms with Gasteiger partial charge in [0, 0.05) is 0 Å². The molecule has 1 aliphatic rings. The molecule has 1 unspecified atom stereocenters. The third-order valence-corrected chi connectivity index (χ3v) is 15.8. The molecule has 0 aromatic heterocycles. The molecule has 0 radical (unpaired) electrons. The molecule has 214 valence electrons. The molecule has 3 aromatic rings. The average molecular weight is 596 g/mol. The predicted molar refractivity (Wildman–Crippen MR) is 162 cm³/mol. The van der Waals surface area contributed by atoms with Gasteiger partial charge >= 0.3 is 233 Å². The van der Waals surface area contributed by atoms with Gasteiger partial charge in [0.05, 0.1) is 0 Å². The molecule has 1 aliphatic heterocycles. The number of hydrogen-bond acceptors (Lipinski definition) is 9. The van der Waals surface area contributed by atoms with Crippen molar-refractivity contribution in [3.8, 4) is 17.2 Å². The van der Waals surface area contributed by atoms with E-state index in [1.807, 2.05) is 133 Å². The van der Waals surface area contributed by atoms with Gasteiger partial charge in [-0.25, -0.2) is 0 Å². The molecular weight excluding hydrogens is 555 g/mol. The second-order valence-corrected chi connectivity index (χ2v) is 17.2. The van der Waals surface area contributed by atoms with Gasteiger partial charge in [0.1, 0.15) is 0 Å². The molecule has 0 saturated heterocycles. The molecule has 1 heterocycles. The van der Waals surface area contributed by atoms with Crippen molar-refractivity contribution in [1.29, 1.82) is 0 Å². The monoisotopic (exact) mass is 595 g/mol. The van der Waals surface area contributed by atoms with Crippen LogP contribution in [0.2, 0.25) is 0 Å². The molecule has 9 nitrogen and oxygen atoms in total. The number of para-hydroxylation sites is 3. The Kier molecular flexibility index (Phi) is 10.0.